The van der Waals surface area contributed by atoms with Crippen LogP contribution in [0.5, 0.6) is 0 Å². The zero-order chi connectivity index (χ0) is 30.1. The van der Waals surface area contributed by atoms with Crippen molar-refractivity contribution in [1.82, 2.24) is 9.48 Å². The predicted octanol–water partition coefficient (Wildman–Crippen LogP) is 3.82. The maximum atomic E-state index is 13.3. The van der Waals surface area contributed by atoms with E-state index in [0.717, 1.165) is 15.9 Å². The Morgan fingerprint density at radius 2 is 1.69 bits per heavy atom. The third kappa shape index (κ3) is 5.31. The van der Waals surface area contributed by atoms with Crippen LogP contribution in [-0.4, -0.2) is 68.5 Å². The summed E-state index contributed by atoms with van der Waals surface area (Å²) < 4.78 is 8.31. The van der Waals surface area contributed by atoms with E-state index in [4.69, 9.17) is 4.42 Å². The van der Waals surface area contributed by atoms with Crippen LogP contribution in [0.3, 0.4) is 0 Å². The number of ketones is 1. The Morgan fingerprint density at radius 3 is 2.36 bits per heavy atom. The van der Waals surface area contributed by atoms with Crippen molar-refractivity contribution in [3.05, 3.63) is 83.2 Å². The molecule has 0 fully saturated rings. The number of benzene rings is 3. The van der Waals surface area contributed by atoms with Crippen LogP contribution in [-0.2, 0) is 14.5 Å². The Morgan fingerprint density at radius 1 is 0.952 bits per heavy atom. The average molecular weight is 569 g/mol. The second kappa shape index (κ2) is 11.4. The molecule has 10 nitrogen and oxygen atoms in total. The molecule has 10 heteroatoms. The summed E-state index contributed by atoms with van der Waals surface area (Å²) in [6.07, 6.45) is 2.77. The van der Waals surface area contributed by atoms with Crippen molar-refractivity contribution < 1.29 is 33.7 Å². The van der Waals surface area contributed by atoms with Crippen molar-refractivity contribution in [2.45, 2.75) is 12.8 Å². The molecule has 214 valence electrons. The summed E-state index contributed by atoms with van der Waals surface area (Å²) in [5.41, 5.74) is 3.58. The highest BCUT2D eigenvalue weighted by atomic mass is 17.1. The normalized spacial score (nSPS) is 12.8. The van der Waals surface area contributed by atoms with Crippen molar-refractivity contribution in [3.63, 3.8) is 0 Å². The SMILES string of the molecule is CN(C)c1ccc2c(-c3cc(C(=O)CCCN4C(=O)C=CC4=O)ccc3C(=O)OO)c3ccc(=[N+](C)C)cc-3oc2c1. The Hall–Kier alpha value is -5.09. The smallest absolute Gasteiger partial charge is 0.373 e. The minimum atomic E-state index is -0.973. The molecule has 1 N–H and O–H groups in total. The third-order valence-corrected chi connectivity index (χ3v) is 7.32. The van der Waals surface area contributed by atoms with Crippen molar-refractivity contribution in [3.8, 4) is 22.5 Å². The number of anilines is 1. The van der Waals surface area contributed by atoms with Gasteiger partial charge in [0.15, 0.2) is 5.78 Å². The lowest BCUT2D eigenvalue weighted by molar-refractivity contribution is -0.182. The van der Waals surface area contributed by atoms with Gasteiger partial charge in [0.05, 0.1) is 11.6 Å². The van der Waals surface area contributed by atoms with E-state index in [2.05, 4.69) is 4.89 Å². The standard InChI is InChI=1S/C32H29N3O7/c1-33(2)20-8-11-23-27(17-20)41-28-18-21(34(3)4)9-12-24(28)31(23)25-16-19(7-10-22(25)32(39)42-40)26(36)6-5-15-35-29(37)13-14-30(35)38/h7-14,16-18H,5-6,15H2,1-4H3/p+1. The zero-order valence-electron chi connectivity index (χ0n) is 23.7. The van der Waals surface area contributed by atoms with E-state index in [0.29, 0.717) is 39.0 Å². The number of hydrogen-bond acceptors (Lipinski definition) is 8. The molecule has 0 saturated carbocycles. The fourth-order valence-electron chi connectivity index (χ4n) is 5.06. The molecule has 0 radical (unpaired) electrons. The predicted molar refractivity (Wildman–Crippen MR) is 157 cm³/mol. The van der Waals surface area contributed by atoms with Crippen LogP contribution >= 0.6 is 0 Å². The highest BCUT2D eigenvalue weighted by Gasteiger charge is 2.26. The summed E-state index contributed by atoms with van der Waals surface area (Å²) in [4.78, 5) is 56.9. The molecule has 2 aromatic rings. The Bertz CT molecular complexity index is 1810. The van der Waals surface area contributed by atoms with Gasteiger partial charge in [0, 0.05) is 79.1 Å². The van der Waals surface area contributed by atoms with Crippen molar-refractivity contribution in [1.29, 1.82) is 0 Å². The van der Waals surface area contributed by atoms with Gasteiger partial charge in [-0.1, -0.05) is 6.07 Å². The lowest BCUT2D eigenvalue weighted by Gasteiger charge is -2.19. The summed E-state index contributed by atoms with van der Waals surface area (Å²) in [6.45, 7) is 0.121. The van der Waals surface area contributed by atoms with Crippen molar-refractivity contribution in [2.24, 2.45) is 0 Å². The van der Waals surface area contributed by atoms with Gasteiger partial charge >= 0.3 is 5.97 Å². The van der Waals surface area contributed by atoms with Gasteiger partial charge in [0.25, 0.3) is 11.8 Å². The van der Waals surface area contributed by atoms with E-state index < -0.39 is 17.8 Å². The van der Waals surface area contributed by atoms with Crippen LogP contribution in [0.25, 0.3) is 33.4 Å². The van der Waals surface area contributed by atoms with Crippen LogP contribution in [0, 0.1) is 0 Å². The fourth-order valence-corrected chi connectivity index (χ4v) is 5.06. The molecule has 2 aromatic carbocycles. The van der Waals surface area contributed by atoms with Crippen LogP contribution in [0.1, 0.15) is 33.6 Å². The van der Waals surface area contributed by atoms with E-state index in [1.165, 1.54) is 24.3 Å². The zero-order valence-corrected chi connectivity index (χ0v) is 23.7. The quantitative estimate of drug-likeness (QED) is 0.0851. The molecule has 0 bridgehead atoms. The topological polar surface area (TPSA) is 120 Å². The molecular formula is C32H30N3O7+. The molecule has 0 unspecified atom stereocenters. The number of nitrogens with zero attached hydrogens (tertiary/aromatic N) is 3. The van der Waals surface area contributed by atoms with Gasteiger partial charge in [-0.25, -0.2) is 9.37 Å². The highest BCUT2D eigenvalue weighted by Crippen LogP contribution is 2.42. The van der Waals surface area contributed by atoms with Crippen LogP contribution in [0.4, 0.5) is 5.69 Å². The first kappa shape index (κ1) is 28.4. The number of carbonyl (C=O) groups is 4. The van der Waals surface area contributed by atoms with Crippen LogP contribution in [0.15, 0.2) is 71.2 Å². The molecule has 5 rings (SSSR count). The van der Waals surface area contributed by atoms with Crippen molar-refractivity contribution >= 4 is 40.2 Å². The summed E-state index contributed by atoms with van der Waals surface area (Å²) in [7, 11) is 7.68. The van der Waals surface area contributed by atoms with E-state index in [-0.39, 0.29) is 30.7 Å². The second-order valence-corrected chi connectivity index (χ2v) is 10.5. The van der Waals surface area contributed by atoms with Crippen LogP contribution in [0.2, 0.25) is 0 Å². The lowest BCUT2D eigenvalue weighted by atomic mass is 9.88. The number of amides is 2. The number of carbonyl (C=O) groups excluding carboxylic acids is 4. The first-order valence-corrected chi connectivity index (χ1v) is 13.3. The molecular weight excluding hydrogens is 538 g/mol. The van der Waals surface area contributed by atoms with Gasteiger partial charge < -0.3 is 9.32 Å². The first-order valence-electron chi connectivity index (χ1n) is 13.3. The summed E-state index contributed by atoms with van der Waals surface area (Å²) in [5, 5.41) is 10.9. The van der Waals surface area contributed by atoms with Gasteiger partial charge in [0.1, 0.15) is 25.4 Å². The number of Topliss-reactive ketones (excluding diaryl/α,β-unsaturated/α-hetero) is 1. The van der Waals surface area contributed by atoms with E-state index in [1.54, 1.807) is 6.07 Å². The Labute approximate surface area is 241 Å². The van der Waals surface area contributed by atoms with Gasteiger partial charge in [-0.15, -0.1) is 0 Å². The maximum Gasteiger partial charge on any atom is 0.373 e. The average Bonchev–Trinajstić information content (AvgIpc) is 3.30. The Kier molecular flexibility index (Phi) is 7.73. The molecule has 1 aliphatic carbocycles. The third-order valence-electron chi connectivity index (χ3n) is 7.32. The van der Waals surface area contributed by atoms with E-state index in [1.807, 2.05) is 74.1 Å². The molecule has 2 heterocycles. The fraction of sp³-hybridized carbons (Fsp3) is 0.219. The number of hydrogen-bond donors (Lipinski definition) is 1. The molecule has 3 aliphatic rings. The minimum absolute atomic E-state index is 0.0653. The summed E-state index contributed by atoms with van der Waals surface area (Å²) in [6, 6.07) is 16.0. The molecule has 0 aromatic heterocycles. The molecule has 0 atom stereocenters. The summed E-state index contributed by atoms with van der Waals surface area (Å²) in [5.74, 6) is -1.44. The molecule has 2 amide bonds. The van der Waals surface area contributed by atoms with Gasteiger partial charge in [-0.3, -0.25) is 24.2 Å². The molecule has 2 aliphatic heterocycles. The van der Waals surface area contributed by atoms with E-state index in [9.17, 15) is 24.4 Å². The highest BCUT2D eigenvalue weighted by molar-refractivity contribution is 6.13. The number of imide groups is 1. The van der Waals surface area contributed by atoms with Crippen LogP contribution < -0.4 is 14.8 Å². The monoisotopic (exact) mass is 568 g/mol. The summed E-state index contributed by atoms with van der Waals surface area (Å²) >= 11 is 0. The molecule has 0 saturated heterocycles. The maximum absolute atomic E-state index is 13.3. The minimum Gasteiger partial charge on any atom is -0.456 e. The number of rotatable bonds is 8. The van der Waals surface area contributed by atoms with Gasteiger partial charge in [-0.05, 0) is 42.3 Å². The number of fused-ring (bicyclic) bond motifs is 2. The van der Waals surface area contributed by atoms with Gasteiger partial charge in [0.2, 0.25) is 5.36 Å². The van der Waals surface area contributed by atoms with E-state index >= 15 is 0 Å². The van der Waals surface area contributed by atoms with Crippen molar-refractivity contribution in [2.75, 3.05) is 39.6 Å². The van der Waals surface area contributed by atoms with Gasteiger partial charge in [-0.2, -0.15) is 5.26 Å². The second-order valence-electron chi connectivity index (χ2n) is 10.5. The largest absolute Gasteiger partial charge is 0.456 e. The molecule has 42 heavy (non-hydrogen) atoms. The Balaban J connectivity index is 1.65. The lowest BCUT2D eigenvalue weighted by Crippen LogP contribution is -2.31. The first-order chi connectivity index (χ1) is 20.1. The molecule has 0 spiro atoms.